The quantitative estimate of drug-likeness (QED) is 0.591. The van der Waals surface area contributed by atoms with Crippen LogP contribution in [0.25, 0.3) is 0 Å². The third-order valence-electron chi connectivity index (χ3n) is 3.83. The number of anilines is 2. The second kappa shape index (κ2) is 8.30. The van der Waals surface area contributed by atoms with Gasteiger partial charge in [0.25, 0.3) is 5.91 Å². The monoisotopic (exact) mass is 368 g/mol. The SMILES string of the molecule is CC(=O)Nc1ccc(NS(C)(=O)=O)c(C(=O)NCC2CCCNC2)c1. The van der Waals surface area contributed by atoms with Crippen LogP contribution in [0.15, 0.2) is 18.2 Å². The van der Waals surface area contributed by atoms with Crippen LogP contribution in [0.2, 0.25) is 0 Å². The first-order chi connectivity index (χ1) is 11.7. The summed E-state index contributed by atoms with van der Waals surface area (Å²) in [5.74, 6) is -0.310. The first-order valence-corrected chi connectivity index (χ1v) is 10.0. The molecule has 138 valence electrons. The number of amides is 2. The van der Waals surface area contributed by atoms with E-state index in [2.05, 4.69) is 20.7 Å². The van der Waals surface area contributed by atoms with Crippen LogP contribution in [0.3, 0.4) is 0 Å². The summed E-state index contributed by atoms with van der Waals surface area (Å²) in [6.45, 7) is 3.71. The summed E-state index contributed by atoms with van der Waals surface area (Å²) in [5.41, 5.74) is 0.771. The fourth-order valence-electron chi connectivity index (χ4n) is 2.73. The first kappa shape index (κ1) is 19.2. The Balaban J connectivity index is 2.17. The number of hydrogen-bond donors (Lipinski definition) is 4. The molecule has 0 bridgehead atoms. The molecule has 0 spiro atoms. The van der Waals surface area contributed by atoms with E-state index in [9.17, 15) is 18.0 Å². The number of rotatable bonds is 6. The van der Waals surface area contributed by atoms with Gasteiger partial charge < -0.3 is 16.0 Å². The lowest BCUT2D eigenvalue weighted by Crippen LogP contribution is -2.38. The molecule has 0 aromatic heterocycles. The molecule has 0 saturated carbocycles. The van der Waals surface area contributed by atoms with Gasteiger partial charge in [-0.05, 0) is 50.0 Å². The third kappa shape index (κ3) is 6.35. The zero-order valence-corrected chi connectivity index (χ0v) is 15.2. The molecule has 1 aromatic carbocycles. The van der Waals surface area contributed by atoms with Crippen LogP contribution in [-0.2, 0) is 14.8 Å². The van der Waals surface area contributed by atoms with Gasteiger partial charge in [-0.3, -0.25) is 14.3 Å². The number of benzene rings is 1. The molecule has 2 rings (SSSR count). The van der Waals surface area contributed by atoms with Gasteiger partial charge in [0.05, 0.1) is 17.5 Å². The van der Waals surface area contributed by atoms with Crippen molar-refractivity contribution in [2.45, 2.75) is 19.8 Å². The molecule has 1 atom stereocenters. The van der Waals surface area contributed by atoms with Crippen molar-refractivity contribution in [3.05, 3.63) is 23.8 Å². The molecular formula is C16H24N4O4S. The molecule has 1 aromatic rings. The summed E-state index contributed by atoms with van der Waals surface area (Å²) in [6.07, 6.45) is 3.12. The van der Waals surface area contributed by atoms with Crippen LogP contribution in [0.4, 0.5) is 11.4 Å². The van der Waals surface area contributed by atoms with E-state index in [-0.39, 0.29) is 23.1 Å². The van der Waals surface area contributed by atoms with Gasteiger partial charge in [0, 0.05) is 19.2 Å². The van der Waals surface area contributed by atoms with Crippen LogP contribution in [-0.4, -0.2) is 46.1 Å². The van der Waals surface area contributed by atoms with Gasteiger partial charge in [-0.2, -0.15) is 0 Å². The van der Waals surface area contributed by atoms with Gasteiger partial charge in [-0.25, -0.2) is 8.42 Å². The molecular weight excluding hydrogens is 344 g/mol. The lowest BCUT2D eigenvalue weighted by Gasteiger charge is -2.23. The van der Waals surface area contributed by atoms with Gasteiger partial charge in [-0.15, -0.1) is 0 Å². The van der Waals surface area contributed by atoms with Gasteiger partial charge in [-0.1, -0.05) is 0 Å². The van der Waals surface area contributed by atoms with Crippen LogP contribution in [0.1, 0.15) is 30.1 Å². The van der Waals surface area contributed by atoms with Crippen molar-refractivity contribution in [3.8, 4) is 0 Å². The zero-order valence-electron chi connectivity index (χ0n) is 14.4. The highest BCUT2D eigenvalue weighted by Crippen LogP contribution is 2.22. The summed E-state index contributed by atoms with van der Waals surface area (Å²) in [5, 5.41) is 8.72. The van der Waals surface area contributed by atoms with E-state index in [1.807, 2.05) is 0 Å². The number of sulfonamides is 1. The minimum Gasteiger partial charge on any atom is -0.352 e. The van der Waals surface area contributed by atoms with Gasteiger partial charge >= 0.3 is 0 Å². The molecule has 2 amide bonds. The predicted octanol–water partition coefficient (Wildman–Crippen LogP) is 0.746. The largest absolute Gasteiger partial charge is 0.352 e. The highest BCUT2D eigenvalue weighted by Gasteiger charge is 2.18. The summed E-state index contributed by atoms with van der Waals surface area (Å²) in [6, 6.07) is 4.46. The lowest BCUT2D eigenvalue weighted by atomic mass is 9.99. The average molecular weight is 368 g/mol. The van der Waals surface area contributed by atoms with Gasteiger partial charge in [0.2, 0.25) is 15.9 Å². The molecule has 1 aliphatic rings. The molecule has 9 heteroatoms. The Morgan fingerprint density at radius 2 is 2.08 bits per heavy atom. The average Bonchev–Trinajstić information content (AvgIpc) is 2.53. The molecule has 0 aliphatic carbocycles. The smallest absolute Gasteiger partial charge is 0.253 e. The predicted molar refractivity (Wildman–Crippen MR) is 97.1 cm³/mol. The highest BCUT2D eigenvalue weighted by molar-refractivity contribution is 7.92. The number of carbonyl (C=O) groups excluding carboxylic acids is 2. The Morgan fingerprint density at radius 3 is 2.68 bits per heavy atom. The molecule has 1 saturated heterocycles. The van der Waals surface area contributed by atoms with Crippen molar-refractivity contribution >= 4 is 33.2 Å². The standard InChI is InChI=1S/C16H24N4O4S/c1-11(21)19-13-5-6-15(20-25(2,23)24)14(8-13)16(22)18-10-12-4-3-7-17-9-12/h5-6,8,12,17,20H,3-4,7,9-10H2,1-2H3,(H,18,22)(H,19,21). The van der Waals surface area contributed by atoms with Gasteiger partial charge in [0.15, 0.2) is 0 Å². The summed E-state index contributed by atoms with van der Waals surface area (Å²) in [4.78, 5) is 23.8. The number of hydrogen-bond acceptors (Lipinski definition) is 5. The van der Waals surface area contributed by atoms with Crippen molar-refractivity contribution < 1.29 is 18.0 Å². The Kier molecular flexibility index (Phi) is 6.38. The van der Waals surface area contributed by atoms with Crippen LogP contribution in [0, 0.1) is 5.92 Å². The Morgan fingerprint density at radius 1 is 1.32 bits per heavy atom. The van der Waals surface area contributed by atoms with E-state index in [4.69, 9.17) is 0 Å². The Bertz CT molecular complexity index is 743. The van der Waals surface area contributed by atoms with Crippen LogP contribution in [0.5, 0.6) is 0 Å². The molecule has 1 aliphatic heterocycles. The fraction of sp³-hybridized carbons (Fsp3) is 0.500. The van der Waals surface area contributed by atoms with Crippen molar-refractivity contribution in [2.75, 3.05) is 35.9 Å². The minimum absolute atomic E-state index is 0.167. The van der Waals surface area contributed by atoms with Crippen molar-refractivity contribution in [3.63, 3.8) is 0 Å². The maximum atomic E-state index is 12.6. The highest BCUT2D eigenvalue weighted by atomic mass is 32.2. The van der Waals surface area contributed by atoms with Crippen molar-refractivity contribution in [1.29, 1.82) is 0 Å². The molecule has 1 fully saturated rings. The second-order valence-electron chi connectivity index (χ2n) is 6.24. The topological polar surface area (TPSA) is 116 Å². The van der Waals surface area contributed by atoms with Gasteiger partial charge in [0.1, 0.15) is 0 Å². The second-order valence-corrected chi connectivity index (χ2v) is 7.99. The van der Waals surface area contributed by atoms with Crippen LogP contribution >= 0.6 is 0 Å². The maximum absolute atomic E-state index is 12.6. The molecule has 1 unspecified atom stereocenters. The molecule has 0 radical (unpaired) electrons. The lowest BCUT2D eigenvalue weighted by molar-refractivity contribution is -0.114. The normalized spacial score (nSPS) is 17.6. The fourth-order valence-corrected chi connectivity index (χ4v) is 3.31. The molecule has 8 nitrogen and oxygen atoms in total. The first-order valence-electron chi connectivity index (χ1n) is 8.13. The van der Waals surface area contributed by atoms with E-state index < -0.39 is 10.0 Å². The van der Waals surface area contributed by atoms with E-state index in [1.165, 1.54) is 25.1 Å². The zero-order chi connectivity index (χ0) is 18.4. The van der Waals surface area contributed by atoms with Crippen molar-refractivity contribution in [1.82, 2.24) is 10.6 Å². The molecule has 1 heterocycles. The summed E-state index contributed by atoms with van der Waals surface area (Å²) >= 11 is 0. The maximum Gasteiger partial charge on any atom is 0.253 e. The van der Waals surface area contributed by atoms with Crippen molar-refractivity contribution in [2.24, 2.45) is 5.92 Å². The number of carbonyl (C=O) groups is 2. The Hall–Kier alpha value is -2.13. The van der Waals surface area contributed by atoms with E-state index in [0.717, 1.165) is 32.2 Å². The van der Waals surface area contributed by atoms with Crippen LogP contribution < -0.4 is 20.7 Å². The summed E-state index contributed by atoms with van der Waals surface area (Å²) in [7, 11) is -3.53. The summed E-state index contributed by atoms with van der Waals surface area (Å²) < 4.78 is 25.4. The molecule has 25 heavy (non-hydrogen) atoms. The molecule has 4 N–H and O–H groups in total. The van der Waals surface area contributed by atoms with E-state index >= 15 is 0 Å². The number of nitrogens with one attached hydrogen (secondary N) is 4. The van der Waals surface area contributed by atoms with E-state index in [1.54, 1.807) is 0 Å². The third-order valence-corrected chi connectivity index (χ3v) is 4.42. The Labute approximate surface area is 147 Å². The number of piperidine rings is 1. The minimum atomic E-state index is -3.53. The van der Waals surface area contributed by atoms with E-state index in [0.29, 0.717) is 18.2 Å².